The number of halogens is 3. The summed E-state index contributed by atoms with van der Waals surface area (Å²) in [5.74, 6) is -0.123. The highest BCUT2D eigenvalue weighted by molar-refractivity contribution is 5.93. The van der Waals surface area contributed by atoms with Gasteiger partial charge in [-0.15, -0.1) is 0 Å². The number of amides is 1. The van der Waals surface area contributed by atoms with Crippen molar-refractivity contribution in [3.05, 3.63) is 47.8 Å². The van der Waals surface area contributed by atoms with Crippen molar-refractivity contribution < 1.29 is 22.7 Å². The molecule has 2 N–H and O–H groups in total. The molecule has 9 heteroatoms. The Labute approximate surface area is 147 Å². The average molecular weight is 366 g/mol. The second kappa shape index (κ2) is 7.69. The summed E-state index contributed by atoms with van der Waals surface area (Å²) in [7, 11) is 0. The van der Waals surface area contributed by atoms with Crippen LogP contribution < -0.4 is 10.6 Å². The minimum Gasteiger partial charge on any atom is -0.376 e. The number of nitrogens with zero attached hydrogens (tertiary/aromatic N) is 2. The van der Waals surface area contributed by atoms with Gasteiger partial charge in [-0.2, -0.15) is 13.2 Å². The van der Waals surface area contributed by atoms with Crippen LogP contribution in [0.25, 0.3) is 0 Å². The molecule has 1 aromatic heterocycles. The molecule has 0 saturated carbocycles. The Bertz CT molecular complexity index is 742. The molecular formula is C17H17F3N4O2. The fourth-order valence-corrected chi connectivity index (χ4v) is 2.50. The van der Waals surface area contributed by atoms with E-state index in [1.165, 1.54) is 24.5 Å². The van der Waals surface area contributed by atoms with Crippen LogP contribution in [0.3, 0.4) is 0 Å². The molecule has 6 nitrogen and oxygen atoms in total. The molecule has 1 fully saturated rings. The van der Waals surface area contributed by atoms with Crippen molar-refractivity contribution in [1.29, 1.82) is 0 Å². The van der Waals surface area contributed by atoms with E-state index >= 15 is 0 Å². The molecule has 0 aliphatic carbocycles. The lowest BCUT2D eigenvalue weighted by Gasteiger charge is -2.11. The van der Waals surface area contributed by atoms with Gasteiger partial charge >= 0.3 is 6.18 Å². The molecule has 26 heavy (non-hydrogen) atoms. The van der Waals surface area contributed by atoms with Gasteiger partial charge in [-0.3, -0.25) is 4.79 Å². The molecule has 2 heterocycles. The largest absolute Gasteiger partial charge is 0.416 e. The molecule has 1 unspecified atom stereocenters. The minimum absolute atomic E-state index is 0.0421. The Balaban J connectivity index is 1.56. The van der Waals surface area contributed by atoms with Gasteiger partial charge in [0.1, 0.15) is 0 Å². The first-order valence-electron chi connectivity index (χ1n) is 8.08. The quantitative estimate of drug-likeness (QED) is 0.850. The van der Waals surface area contributed by atoms with Gasteiger partial charge < -0.3 is 15.4 Å². The molecule has 1 amide bonds. The van der Waals surface area contributed by atoms with Gasteiger partial charge in [0.25, 0.3) is 5.91 Å². The predicted molar refractivity (Wildman–Crippen MR) is 88.1 cm³/mol. The van der Waals surface area contributed by atoms with Crippen molar-refractivity contribution in [1.82, 2.24) is 15.3 Å². The van der Waals surface area contributed by atoms with Crippen molar-refractivity contribution in [3.63, 3.8) is 0 Å². The SMILES string of the molecule is O=C(NCC1CCCO1)c1cnc(Nc2ccc(C(F)(F)F)cc2)nc1. The van der Waals surface area contributed by atoms with Crippen LogP contribution in [0.4, 0.5) is 24.8 Å². The smallest absolute Gasteiger partial charge is 0.376 e. The van der Waals surface area contributed by atoms with E-state index in [0.29, 0.717) is 24.4 Å². The molecule has 1 aliphatic rings. The lowest BCUT2D eigenvalue weighted by atomic mass is 10.2. The molecule has 138 valence electrons. The highest BCUT2D eigenvalue weighted by atomic mass is 19.4. The normalized spacial score (nSPS) is 17.1. The number of anilines is 2. The van der Waals surface area contributed by atoms with Crippen LogP contribution in [0.1, 0.15) is 28.8 Å². The monoisotopic (exact) mass is 366 g/mol. The van der Waals surface area contributed by atoms with Crippen LogP contribution in [-0.4, -0.2) is 35.1 Å². The van der Waals surface area contributed by atoms with Gasteiger partial charge in [0, 0.05) is 31.2 Å². The first kappa shape index (κ1) is 18.1. The summed E-state index contributed by atoms with van der Waals surface area (Å²) < 4.78 is 43.0. The summed E-state index contributed by atoms with van der Waals surface area (Å²) in [4.78, 5) is 20.0. The zero-order valence-electron chi connectivity index (χ0n) is 13.7. The lowest BCUT2D eigenvalue weighted by molar-refractivity contribution is -0.137. The lowest BCUT2D eigenvalue weighted by Crippen LogP contribution is -2.31. The maximum atomic E-state index is 12.5. The second-order valence-electron chi connectivity index (χ2n) is 5.84. The Kier molecular flexibility index (Phi) is 5.36. The summed E-state index contributed by atoms with van der Waals surface area (Å²) in [6, 6.07) is 4.51. The summed E-state index contributed by atoms with van der Waals surface area (Å²) >= 11 is 0. The number of alkyl halides is 3. The third-order valence-corrected chi connectivity index (χ3v) is 3.90. The first-order chi connectivity index (χ1) is 12.4. The summed E-state index contributed by atoms with van der Waals surface area (Å²) in [5, 5.41) is 5.54. The van der Waals surface area contributed by atoms with Crippen LogP contribution >= 0.6 is 0 Å². The zero-order valence-corrected chi connectivity index (χ0v) is 13.7. The number of hydrogen-bond acceptors (Lipinski definition) is 5. The van der Waals surface area contributed by atoms with Crippen molar-refractivity contribution in [2.24, 2.45) is 0 Å². The first-order valence-corrected chi connectivity index (χ1v) is 8.08. The van der Waals surface area contributed by atoms with Gasteiger partial charge in [-0.25, -0.2) is 9.97 Å². The van der Waals surface area contributed by atoms with Crippen LogP contribution in [0.2, 0.25) is 0 Å². The number of carbonyl (C=O) groups excluding carboxylic acids is 1. The van der Waals surface area contributed by atoms with E-state index in [-0.39, 0.29) is 18.0 Å². The van der Waals surface area contributed by atoms with Gasteiger partial charge in [0.15, 0.2) is 0 Å². The number of nitrogens with one attached hydrogen (secondary N) is 2. The van der Waals surface area contributed by atoms with E-state index in [0.717, 1.165) is 25.0 Å². The van der Waals surface area contributed by atoms with Crippen LogP contribution in [0.15, 0.2) is 36.7 Å². The van der Waals surface area contributed by atoms with E-state index in [1.807, 2.05) is 0 Å². The molecule has 0 radical (unpaired) electrons. The third kappa shape index (κ3) is 4.69. The van der Waals surface area contributed by atoms with Crippen molar-refractivity contribution in [2.75, 3.05) is 18.5 Å². The van der Waals surface area contributed by atoms with E-state index in [9.17, 15) is 18.0 Å². The molecule has 1 aromatic carbocycles. The number of hydrogen-bond donors (Lipinski definition) is 2. The number of benzene rings is 1. The van der Waals surface area contributed by atoms with Crippen molar-refractivity contribution in [3.8, 4) is 0 Å². The number of carbonyl (C=O) groups is 1. The number of rotatable bonds is 5. The average Bonchev–Trinajstić information content (AvgIpc) is 3.13. The summed E-state index contributed by atoms with van der Waals surface area (Å²) in [6.45, 7) is 1.15. The molecule has 1 aliphatic heterocycles. The van der Waals surface area contributed by atoms with E-state index in [1.54, 1.807) is 0 Å². The Morgan fingerprint density at radius 1 is 1.19 bits per heavy atom. The topological polar surface area (TPSA) is 76.1 Å². The fourth-order valence-electron chi connectivity index (χ4n) is 2.50. The van der Waals surface area contributed by atoms with Gasteiger partial charge in [-0.1, -0.05) is 0 Å². The summed E-state index contributed by atoms with van der Waals surface area (Å²) in [6.07, 6.45) is 0.281. The van der Waals surface area contributed by atoms with E-state index in [2.05, 4.69) is 20.6 Å². The summed E-state index contributed by atoms with van der Waals surface area (Å²) in [5.41, 5.74) is -0.0308. The second-order valence-corrected chi connectivity index (χ2v) is 5.84. The maximum Gasteiger partial charge on any atom is 0.416 e. The standard InChI is InChI=1S/C17H17F3N4O2/c18-17(19,20)12-3-5-13(6-4-12)24-16-22-8-11(9-23-16)15(25)21-10-14-2-1-7-26-14/h3-6,8-9,14H,1-2,7,10H2,(H,21,25)(H,22,23,24). The van der Waals surface area contributed by atoms with Gasteiger partial charge in [-0.05, 0) is 37.1 Å². The van der Waals surface area contributed by atoms with Crippen LogP contribution in [-0.2, 0) is 10.9 Å². The molecule has 1 saturated heterocycles. The Hall–Kier alpha value is -2.68. The zero-order chi connectivity index (χ0) is 18.6. The molecule has 1 atom stereocenters. The molecule has 0 bridgehead atoms. The van der Waals surface area contributed by atoms with E-state index < -0.39 is 11.7 Å². The Morgan fingerprint density at radius 3 is 2.46 bits per heavy atom. The molecule has 2 aromatic rings. The van der Waals surface area contributed by atoms with Crippen molar-refractivity contribution in [2.45, 2.75) is 25.1 Å². The predicted octanol–water partition coefficient (Wildman–Crippen LogP) is 3.15. The third-order valence-electron chi connectivity index (χ3n) is 3.90. The van der Waals surface area contributed by atoms with Gasteiger partial charge in [0.05, 0.1) is 17.2 Å². The maximum absolute atomic E-state index is 12.5. The Morgan fingerprint density at radius 2 is 1.88 bits per heavy atom. The minimum atomic E-state index is -4.38. The highest BCUT2D eigenvalue weighted by Crippen LogP contribution is 2.30. The number of aromatic nitrogens is 2. The van der Waals surface area contributed by atoms with Crippen LogP contribution in [0, 0.1) is 0 Å². The van der Waals surface area contributed by atoms with Crippen LogP contribution in [0.5, 0.6) is 0 Å². The van der Waals surface area contributed by atoms with Gasteiger partial charge in [0.2, 0.25) is 5.95 Å². The number of ether oxygens (including phenoxy) is 1. The molecule has 0 spiro atoms. The van der Waals surface area contributed by atoms with Crippen molar-refractivity contribution >= 4 is 17.5 Å². The molecular weight excluding hydrogens is 349 g/mol. The highest BCUT2D eigenvalue weighted by Gasteiger charge is 2.29. The van der Waals surface area contributed by atoms with E-state index in [4.69, 9.17) is 4.74 Å². The fraction of sp³-hybridized carbons (Fsp3) is 0.353. The molecule has 3 rings (SSSR count).